The maximum absolute atomic E-state index is 13.9. The molecular formula is C20H22FN3O2. The van der Waals surface area contributed by atoms with Gasteiger partial charge in [0.1, 0.15) is 23.5 Å². The highest BCUT2D eigenvalue weighted by Crippen LogP contribution is 2.24. The van der Waals surface area contributed by atoms with E-state index >= 15 is 0 Å². The summed E-state index contributed by atoms with van der Waals surface area (Å²) in [5.74, 6) is 0.205. The Morgan fingerprint density at radius 3 is 2.77 bits per heavy atom. The van der Waals surface area contributed by atoms with Crippen molar-refractivity contribution in [1.82, 2.24) is 9.97 Å². The van der Waals surface area contributed by atoms with Crippen molar-refractivity contribution in [3.05, 3.63) is 60.2 Å². The van der Waals surface area contributed by atoms with Crippen molar-refractivity contribution in [2.75, 3.05) is 18.5 Å². The van der Waals surface area contributed by atoms with E-state index in [1.165, 1.54) is 12.4 Å². The number of anilines is 2. The summed E-state index contributed by atoms with van der Waals surface area (Å²) >= 11 is 0. The number of para-hydroxylation sites is 1. The highest BCUT2D eigenvalue weighted by molar-refractivity contribution is 5.90. The van der Waals surface area contributed by atoms with Gasteiger partial charge in [-0.15, -0.1) is 0 Å². The van der Waals surface area contributed by atoms with Gasteiger partial charge in [-0.3, -0.25) is 0 Å². The summed E-state index contributed by atoms with van der Waals surface area (Å²) in [6, 6.07) is 12.7. The molecule has 3 rings (SSSR count). The molecule has 0 saturated carbocycles. The van der Waals surface area contributed by atoms with Crippen LogP contribution in [0.3, 0.4) is 0 Å². The van der Waals surface area contributed by atoms with Crippen molar-refractivity contribution in [3.63, 3.8) is 0 Å². The van der Waals surface area contributed by atoms with Crippen LogP contribution in [0.1, 0.15) is 19.4 Å². The lowest BCUT2D eigenvalue weighted by Crippen LogP contribution is -2.09. The van der Waals surface area contributed by atoms with Crippen molar-refractivity contribution in [2.24, 2.45) is 0 Å². The average Bonchev–Trinajstić information content (AvgIpc) is 2.62. The highest BCUT2D eigenvalue weighted by Gasteiger charge is 2.08. The number of aromatic nitrogens is 2. The average molecular weight is 355 g/mol. The number of nitrogens with zero attached hydrogens (tertiary/aromatic N) is 2. The van der Waals surface area contributed by atoms with Gasteiger partial charge in [0.15, 0.2) is 0 Å². The number of fused-ring (bicyclic) bond motifs is 1. The molecule has 6 heteroatoms. The number of rotatable bonds is 8. The third kappa shape index (κ3) is 4.74. The SMILES string of the molecule is CC(C)OCCOCc1cccc(Nc2ncnc3c(F)cccc23)c1. The zero-order valence-electron chi connectivity index (χ0n) is 14.9. The van der Waals surface area contributed by atoms with Crippen molar-refractivity contribution in [1.29, 1.82) is 0 Å². The van der Waals surface area contributed by atoms with E-state index in [2.05, 4.69) is 15.3 Å². The highest BCUT2D eigenvalue weighted by atomic mass is 19.1. The zero-order valence-corrected chi connectivity index (χ0v) is 14.9. The Kier molecular flexibility index (Phi) is 6.09. The van der Waals surface area contributed by atoms with Crippen LogP contribution in [0.4, 0.5) is 15.9 Å². The molecule has 0 bridgehead atoms. The molecule has 0 aliphatic heterocycles. The Balaban J connectivity index is 1.67. The molecule has 0 spiro atoms. The topological polar surface area (TPSA) is 56.3 Å². The molecule has 136 valence electrons. The second kappa shape index (κ2) is 8.69. The van der Waals surface area contributed by atoms with Crippen LogP contribution in [0.5, 0.6) is 0 Å². The fourth-order valence-electron chi connectivity index (χ4n) is 2.56. The number of halogens is 1. The molecule has 26 heavy (non-hydrogen) atoms. The third-order valence-corrected chi connectivity index (χ3v) is 3.75. The predicted octanol–water partition coefficient (Wildman–Crippen LogP) is 4.45. The third-order valence-electron chi connectivity index (χ3n) is 3.75. The molecule has 2 aromatic carbocycles. The van der Waals surface area contributed by atoms with Crippen LogP contribution in [-0.2, 0) is 16.1 Å². The molecule has 0 unspecified atom stereocenters. The quantitative estimate of drug-likeness (QED) is 0.605. The first-order valence-corrected chi connectivity index (χ1v) is 8.58. The largest absolute Gasteiger partial charge is 0.376 e. The van der Waals surface area contributed by atoms with E-state index in [0.29, 0.717) is 36.5 Å². The summed E-state index contributed by atoms with van der Waals surface area (Å²) in [5.41, 5.74) is 2.19. The van der Waals surface area contributed by atoms with Crippen molar-refractivity contribution < 1.29 is 13.9 Å². The first-order valence-electron chi connectivity index (χ1n) is 8.58. The van der Waals surface area contributed by atoms with E-state index in [-0.39, 0.29) is 11.9 Å². The van der Waals surface area contributed by atoms with Crippen LogP contribution >= 0.6 is 0 Å². The lowest BCUT2D eigenvalue weighted by Gasteiger charge is -2.11. The van der Waals surface area contributed by atoms with Gasteiger partial charge in [-0.2, -0.15) is 0 Å². The molecular weight excluding hydrogens is 333 g/mol. The van der Waals surface area contributed by atoms with Gasteiger partial charge in [0.05, 0.1) is 25.9 Å². The molecule has 0 amide bonds. The maximum atomic E-state index is 13.9. The first-order chi connectivity index (χ1) is 12.6. The molecule has 0 fully saturated rings. The van der Waals surface area contributed by atoms with Gasteiger partial charge < -0.3 is 14.8 Å². The standard InChI is InChI=1S/C20H22FN3O2/c1-14(2)26-10-9-25-12-15-5-3-6-16(11-15)24-20-17-7-4-8-18(21)19(17)22-13-23-20/h3-8,11,13-14H,9-10,12H2,1-2H3,(H,22,23,24). The maximum Gasteiger partial charge on any atom is 0.149 e. The summed E-state index contributed by atoms with van der Waals surface area (Å²) in [6.07, 6.45) is 1.56. The van der Waals surface area contributed by atoms with E-state index in [1.807, 2.05) is 38.1 Å². The minimum Gasteiger partial charge on any atom is -0.376 e. The lowest BCUT2D eigenvalue weighted by atomic mass is 10.2. The van der Waals surface area contributed by atoms with E-state index in [0.717, 1.165) is 11.3 Å². The first kappa shape index (κ1) is 18.2. The van der Waals surface area contributed by atoms with Crippen molar-refractivity contribution in [2.45, 2.75) is 26.6 Å². The molecule has 1 aromatic heterocycles. The second-order valence-electron chi connectivity index (χ2n) is 6.16. The summed E-state index contributed by atoms with van der Waals surface area (Å²) < 4.78 is 25.0. The molecule has 0 radical (unpaired) electrons. The van der Waals surface area contributed by atoms with Crippen LogP contribution in [0.25, 0.3) is 10.9 Å². The fraction of sp³-hybridized carbons (Fsp3) is 0.300. The summed E-state index contributed by atoms with van der Waals surface area (Å²) in [7, 11) is 0. The second-order valence-corrected chi connectivity index (χ2v) is 6.16. The van der Waals surface area contributed by atoms with E-state index < -0.39 is 0 Å². The number of nitrogens with one attached hydrogen (secondary N) is 1. The Morgan fingerprint density at radius 2 is 1.92 bits per heavy atom. The molecule has 5 nitrogen and oxygen atoms in total. The molecule has 3 aromatic rings. The van der Waals surface area contributed by atoms with Gasteiger partial charge in [-0.05, 0) is 43.7 Å². The van der Waals surface area contributed by atoms with E-state index in [4.69, 9.17) is 9.47 Å². The minimum absolute atomic E-state index is 0.207. The van der Waals surface area contributed by atoms with E-state index in [9.17, 15) is 4.39 Å². The van der Waals surface area contributed by atoms with Gasteiger partial charge in [0, 0.05) is 11.1 Å². The number of hydrogen-bond donors (Lipinski definition) is 1. The van der Waals surface area contributed by atoms with Gasteiger partial charge in [-0.1, -0.05) is 18.2 Å². The Bertz CT molecular complexity index is 871. The van der Waals surface area contributed by atoms with Crippen LogP contribution in [-0.4, -0.2) is 29.3 Å². The molecule has 0 atom stereocenters. The van der Waals surface area contributed by atoms with E-state index in [1.54, 1.807) is 12.1 Å². The number of benzene rings is 2. The van der Waals surface area contributed by atoms with Crippen LogP contribution in [0, 0.1) is 5.82 Å². The van der Waals surface area contributed by atoms with Gasteiger partial charge in [0.25, 0.3) is 0 Å². The molecule has 0 aliphatic carbocycles. The van der Waals surface area contributed by atoms with Crippen LogP contribution in [0.2, 0.25) is 0 Å². The minimum atomic E-state index is -0.362. The van der Waals surface area contributed by atoms with Gasteiger partial charge >= 0.3 is 0 Å². The zero-order chi connectivity index (χ0) is 18.4. The molecule has 1 heterocycles. The molecule has 0 aliphatic rings. The van der Waals surface area contributed by atoms with Crippen LogP contribution in [0.15, 0.2) is 48.8 Å². The Morgan fingerprint density at radius 1 is 1.08 bits per heavy atom. The monoisotopic (exact) mass is 355 g/mol. The Hall–Kier alpha value is -2.57. The normalized spacial score (nSPS) is 11.2. The molecule has 1 N–H and O–H groups in total. The summed E-state index contributed by atoms with van der Waals surface area (Å²) in [5, 5.41) is 3.87. The molecule has 0 saturated heterocycles. The number of ether oxygens (including phenoxy) is 2. The van der Waals surface area contributed by atoms with Gasteiger partial charge in [0.2, 0.25) is 0 Å². The summed E-state index contributed by atoms with van der Waals surface area (Å²) in [4.78, 5) is 8.25. The lowest BCUT2D eigenvalue weighted by molar-refractivity contribution is 0.0143. The van der Waals surface area contributed by atoms with Gasteiger partial charge in [-0.25, -0.2) is 14.4 Å². The number of hydrogen-bond acceptors (Lipinski definition) is 5. The predicted molar refractivity (Wildman–Crippen MR) is 100.0 cm³/mol. The summed E-state index contributed by atoms with van der Waals surface area (Å²) in [6.45, 7) is 5.62. The van der Waals surface area contributed by atoms with Crippen molar-refractivity contribution in [3.8, 4) is 0 Å². The van der Waals surface area contributed by atoms with Crippen molar-refractivity contribution >= 4 is 22.4 Å². The van der Waals surface area contributed by atoms with Crippen LogP contribution < -0.4 is 5.32 Å². The fourth-order valence-corrected chi connectivity index (χ4v) is 2.56. The smallest absolute Gasteiger partial charge is 0.149 e. The Labute approximate surface area is 152 Å².